The second-order valence-corrected chi connectivity index (χ2v) is 4.66. The van der Waals surface area contributed by atoms with E-state index in [1.807, 2.05) is 6.92 Å². The van der Waals surface area contributed by atoms with Crippen LogP contribution in [0, 0.1) is 0 Å². The van der Waals surface area contributed by atoms with Crippen LogP contribution in [-0.2, 0) is 6.42 Å². The molecule has 2 aromatic heterocycles. The third-order valence-corrected chi connectivity index (χ3v) is 2.84. The maximum absolute atomic E-state index is 11.9. The first-order valence-corrected chi connectivity index (χ1v) is 6.47. The number of rotatable bonds is 4. The number of anilines is 1. The molecule has 0 fully saturated rings. The fourth-order valence-electron chi connectivity index (χ4n) is 1.42. The fraction of sp³-hybridized carbons (Fsp3) is 0.300. The average Bonchev–Trinajstić information content (AvgIpc) is 2.81. The van der Waals surface area contributed by atoms with Crippen molar-refractivity contribution in [3.63, 3.8) is 0 Å². The van der Waals surface area contributed by atoms with Crippen molar-refractivity contribution in [2.24, 2.45) is 0 Å². The highest BCUT2D eigenvalue weighted by atomic mass is 35.5. The van der Waals surface area contributed by atoms with E-state index in [9.17, 15) is 4.79 Å². The Kier molecular flexibility index (Phi) is 4.16. The normalized spacial score (nSPS) is 10.3. The molecule has 1 N–H and O–H groups in total. The molecule has 0 aromatic carbocycles. The molecule has 0 saturated carbocycles. The van der Waals surface area contributed by atoms with Crippen molar-refractivity contribution in [3.8, 4) is 0 Å². The van der Waals surface area contributed by atoms with E-state index in [0.717, 1.165) is 30.1 Å². The van der Waals surface area contributed by atoms with Crippen LogP contribution in [0.25, 0.3) is 0 Å². The number of pyridine rings is 1. The summed E-state index contributed by atoms with van der Waals surface area (Å²) in [6.45, 7) is 2.04. The summed E-state index contributed by atoms with van der Waals surface area (Å²) in [4.78, 5) is 16.1. The van der Waals surface area contributed by atoms with Crippen LogP contribution < -0.4 is 5.32 Å². The first-order valence-electron chi connectivity index (χ1n) is 5.32. The number of carbonyl (C=O) groups excluding carboxylic acids is 1. The van der Waals surface area contributed by atoms with Gasteiger partial charge < -0.3 is 0 Å². The number of carbonyl (C=O) groups is 1. The summed E-state index contributed by atoms with van der Waals surface area (Å²) >= 11 is 6.89. The smallest absolute Gasteiger partial charge is 0.257 e. The molecule has 0 aliphatic carbocycles. The van der Waals surface area contributed by atoms with Crippen LogP contribution in [0.4, 0.5) is 5.13 Å². The Bertz CT molecular complexity index is 545. The highest BCUT2D eigenvalue weighted by molar-refractivity contribution is 7.09. The van der Waals surface area contributed by atoms with Gasteiger partial charge in [0.25, 0.3) is 5.91 Å². The molecule has 0 radical (unpaired) electrons. The summed E-state index contributed by atoms with van der Waals surface area (Å²) in [5.41, 5.74) is 1.25. The topological polar surface area (TPSA) is 80.7 Å². The number of nitrogens with one attached hydrogen (secondary N) is 1. The minimum atomic E-state index is -0.296. The maximum Gasteiger partial charge on any atom is 0.257 e. The molecule has 2 heterocycles. The van der Waals surface area contributed by atoms with Gasteiger partial charge in [0, 0.05) is 22.8 Å². The zero-order valence-electron chi connectivity index (χ0n) is 9.55. The predicted molar refractivity (Wildman–Crippen MR) is 68.9 cm³/mol. The number of hydrogen-bond donors (Lipinski definition) is 1. The van der Waals surface area contributed by atoms with Crippen LogP contribution in [0.15, 0.2) is 12.1 Å². The van der Waals surface area contributed by atoms with E-state index in [-0.39, 0.29) is 5.91 Å². The van der Waals surface area contributed by atoms with Gasteiger partial charge in [-0.1, -0.05) is 34.5 Å². The number of amides is 1. The van der Waals surface area contributed by atoms with Crippen molar-refractivity contribution >= 4 is 34.2 Å². The summed E-state index contributed by atoms with van der Waals surface area (Å²) in [6.07, 6.45) is 1.72. The van der Waals surface area contributed by atoms with E-state index >= 15 is 0 Å². The van der Waals surface area contributed by atoms with E-state index in [1.54, 1.807) is 6.07 Å². The average molecular weight is 284 g/mol. The number of aryl methyl sites for hydroxylation is 1. The molecule has 0 atom stereocenters. The van der Waals surface area contributed by atoms with Crippen LogP contribution in [0.2, 0.25) is 5.15 Å². The van der Waals surface area contributed by atoms with Crippen molar-refractivity contribution in [1.29, 1.82) is 0 Å². The molecule has 2 aromatic rings. The SMILES string of the molecule is CCCc1cc(C(=O)Nc2nnns2)cc(Cl)n1. The van der Waals surface area contributed by atoms with E-state index in [0.29, 0.717) is 15.8 Å². The molecule has 0 aliphatic rings. The number of nitrogens with zero attached hydrogens (tertiary/aromatic N) is 4. The molecule has 0 saturated heterocycles. The Morgan fingerprint density at radius 3 is 3.00 bits per heavy atom. The van der Waals surface area contributed by atoms with Gasteiger partial charge in [0.15, 0.2) is 0 Å². The van der Waals surface area contributed by atoms with Crippen LogP contribution >= 0.6 is 23.1 Å². The molecule has 6 nitrogen and oxygen atoms in total. The molecule has 0 bridgehead atoms. The predicted octanol–water partition coefficient (Wildman–Crippen LogP) is 2.19. The lowest BCUT2D eigenvalue weighted by Crippen LogP contribution is -2.12. The molecular formula is C10H10ClN5OS. The number of halogens is 1. The highest BCUT2D eigenvalue weighted by Crippen LogP contribution is 2.14. The van der Waals surface area contributed by atoms with Gasteiger partial charge in [-0.25, -0.2) is 4.98 Å². The second-order valence-electron chi connectivity index (χ2n) is 3.54. The molecule has 0 unspecified atom stereocenters. The van der Waals surface area contributed by atoms with Crippen molar-refractivity contribution < 1.29 is 4.79 Å². The summed E-state index contributed by atoms with van der Waals surface area (Å²) in [5.74, 6) is -0.296. The first-order chi connectivity index (χ1) is 8.69. The summed E-state index contributed by atoms with van der Waals surface area (Å²) in [7, 11) is 0. The van der Waals surface area contributed by atoms with Gasteiger partial charge in [-0.15, -0.1) is 0 Å². The van der Waals surface area contributed by atoms with Crippen LogP contribution in [0.3, 0.4) is 0 Å². The minimum Gasteiger partial charge on any atom is -0.295 e. The summed E-state index contributed by atoms with van der Waals surface area (Å²) in [6, 6.07) is 3.24. The lowest BCUT2D eigenvalue weighted by Gasteiger charge is -2.04. The third-order valence-electron chi connectivity index (χ3n) is 2.14. The zero-order valence-corrected chi connectivity index (χ0v) is 11.1. The molecule has 1 amide bonds. The second kappa shape index (κ2) is 5.83. The molecule has 2 rings (SSSR count). The first kappa shape index (κ1) is 12.8. The molecule has 0 aliphatic heterocycles. The molecule has 18 heavy (non-hydrogen) atoms. The largest absolute Gasteiger partial charge is 0.295 e. The standard InChI is InChI=1S/C10H10ClN5OS/c1-2-3-7-4-6(5-8(11)12-7)9(17)13-10-14-15-16-18-10/h4-5H,2-3H2,1H3,(H,13,14,16,17). The minimum absolute atomic E-state index is 0.296. The van der Waals surface area contributed by atoms with Crippen molar-refractivity contribution in [3.05, 3.63) is 28.5 Å². The Morgan fingerprint density at radius 2 is 2.33 bits per heavy atom. The lowest BCUT2D eigenvalue weighted by atomic mass is 10.1. The quantitative estimate of drug-likeness (QED) is 0.870. The number of aromatic nitrogens is 4. The monoisotopic (exact) mass is 283 g/mol. The van der Waals surface area contributed by atoms with Gasteiger partial charge >= 0.3 is 0 Å². The van der Waals surface area contributed by atoms with Gasteiger partial charge in [0.1, 0.15) is 5.15 Å². The van der Waals surface area contributed by atoms with Crippen molar-refractivity contribution in [2.45, 2.75) is 19.8 Å². The Morgan fingerprint density at radius 1 is 1.50 bits per heavy atom. The van der Waals surface area contributed by atoms with E-state index < -0.39 is 0 Å². The molecular weight excluding hydrogens is 274 g/mol. The van der Waals surface area contributed by atoms with Gasteiger partial charge in [-0.2, -0.15) is 0 Å². The maximum atomic E-state index is 11.9. The van der Waals surface area contributed by atoms with Gasteiger partial charge in [0.2, 0.25) is 5.13 Å². The summed E-state index contributed by atoms with van der Waals surface area (Å²) < 4.78 is 3.56. The van der Waals surface area contributed by atoms with Gasteiger partial charge in [0.05, 0.1) is 0 Å². The van der Waals surface area contributed by atoms with Gasteiger partial charge in [-0.05, 0) is 23.8 Å². The molecule has 94 valence electrons. The summed E-state index contributed by atoms with van der Waals surface area (Å²) in [5, 5.41) is 10.3. The van der Waals surface area contributed by atoms with Gasteiger partial charge in [-0.3, -0.25) is 10.1 Å². The molecule has 0 spiro atoms. The Balaban J connectivity index is 2.19. The van der Waals surface area contributed by atoms with Crippen molar-refractivity contribution in [2.75, 3.05) is 5.32 Å². The van der Waals surface area contributed by atoms with Crippen LogP contribution in [0.1, 0.15) is 29.4 Å². The fourth-order valence-corrected chi connectivity index (χ4v) is 2.01. The Labute approximate surface area is 113 Å². The lowest BCUT2D eigenvalue weighted by molar-refractivity contribution is 0.102. The van der Waals surface area contributed by atoms with E-state index in [2.05, 4.69) is 25.1 Å². The molecule has 8 heteroatoms. The van der Waals surface area contributed by atoms with Crippen LogP contribution in [-0.4, -0.2) is 25.7 Å². The van der Waals surface area contributed by atoms with E-state index in [1.165, 1.54) is 6.07 Å². The Hall–Kier alpha value is -1.60. The number of hydrogen-bond acceptors (Lipinski definition) is 6. The zero-order chi connectivity index (χ0) is 13.0. The van der Waals surface area contributed by atoms with Crippen LogP contribution in [0.5, 0.6) is 0 Å². The van der Waals surface area contributed by atoms with Crippen molar-refractivity contribution in [1.82, 2.24) is 19.8 Å². The highest BCUT2D eigenvalue weighted by Gasteiger charge is 2.11. The third kappa shape index (κ3) is 3.21. The van der Waals surface area contributed by atoms with E-state index in [4.69, 9.17) is 11.6 Å².